The van der Waals surface area contributed by atoms with Crippen LogP contribution in [0, 0.1) is 0 Å². The number of aromatic hydroxyl groups is 1. The van der Waals surface area contributed by atoms with Gasteiger partial charge in [0.25, 0.3) is 0 Å². The van der Waals surface area contributed by atoms with Gasteiger partial charge in [-0.15, -0.1) is 0 Å². The highest BCUT2D eigenvalue weighted by Gasteiger charge is 2.15. The van der Waals surface area contributed by atoms with E-state index in [1.165, 1.54) is 26.4 Å². The minimum atomic E-state index is -0.597. The molecule has 0 aliphatic rings. The predicted octanol–water partition coefficient (Wildman–Crippen LogP) is 0.770. The quantitative estimate of drug-likeness (QED) is 0.415. The molecule has 0 bridgehead atoms. The van der Waals surface area contributed by atoms with Crippen molar-refractivity contribution in [2.75, 3.05) is 20.0 Å². The van der Waals surface area contributed by atoms with E-state index in [0.717, 1.165) is 0 Å². The summed E-state index contributed by atoms with van der Waals surface area (Å²) >= 11 is 0. The molecular weight excluding hydrogens is 186 g/mol. The van der Waals surface area contributed by atoms with Gasteiger partial charge in [0, 0.05) is 0 Å². The van der Waals surface area contributed by atoms with Gasteiger partial charge in [-0.3, -0.25) is 0 Å². The zero-order chi connectivity index (χ0) is 10.7. The maximum Gasteiger partial charge on any atom is 0.340 e. The van der Waals surface area contributed by atoms with Crippen molar-refractivity contribution in [3.05, 3.63) is 17.7 Å². The van der Waals surface area contributed by atoms with E-state index in [4.69, 9.17) is 10.5 Å². The molecule has 1 rings (SSSR count). The Morgan fingerprint density at radius 2 is 2.07 bits per heavy atom. The lowest BCUT2D eigenvalue weighted by Crippen LogP contribution is -2.06. The standard InChI is InChI=1S/C9H11NO4/c1-13-6-4-3-5(9(12)14-2)7(10)8(6)11/h3-4,11H,10H2,1-2H3. The Kier molecular flexibility index (Phi) is 2.81. The van der Waals surface area contributed by atoms with Crippen LogP contribution in [-0.4, -0.2) is 25.3 Å². The third-order valence-electron chi connectivity index (χ3n) is 1.81. The molecule has 5 nitrogen and oxygen atoms in total. The average Bonchev–Trinajstić information content (AvgIpc) is 2.21. The Bertz CT molecular complexity index is 362. The van der Waals surface area contributed by atoms with Crippen molar-refractivity contribution in [3.63, 3.8) is 0 Å². The molecule has 14 heavy (non-hydrogen) atoms. The molecule has 0 atom stereocenters. The van der Waals surface area contributed by atoms with Crippen LogP contribution in [0.25, 0.3) is 0 Å². The highest BCUT2D eigenvalue weighted by Crippen LogP contribution is 2.34. The number of carbonyl (C=O) groups excluding carboxylic acids is 1. The Hall–Kier alpha value is -1.91. The molecule has 0 aliphatic heterocycles. The molecule has 1 aromatic carbocycles. The van der Waals surface area contributed by atoms with E-state index < -0.39 is 5.97 Å². The van der Waals surface area contributed by atoms with Crippen LogP contribution < -0.4 is 10.5 Å². The molecule has 5 heteroatoms. The third-order valence-corrected chi connectivity index (χ3v) is 1.81. The first-order valence-electron chi connectivity index (χ1n) is 3.85. The molecule has 1 aromatic rings. The zero-order valence-electron chi connectivity index (χ0n) is 7.90. The third kappa shape index (κ3) is 1.56. The van der Waals surface area contributed by atoms with Gasteiger partial charge < -0.3 is 20.3 Å². The first-order chi connectivity index (χ1) is 6.61. The molecular formula is C9H11NO4. The van der Waals surface area contributed by atoms with Crippen LogP contribution in [0.5, 0.6) is 11.5 Å². The van der Waals surface area contributed by atoms with E-state index in [0.29, 0.717) is 0 Å². The molecule has 0 amide bonds. The van der Waals surface area contributed by atoms with Gasteiger partial charge in [0.2, 0.25) is 0 Å². The van der Waals surface area contributed by atoms with Crippen LogP contribution in [0.4, 0.5) is 5.69 Å². The van der Waals surface area contributed by atoms with Gasteiger partial charge in [0.1, 0.15) is 0 Å². The second-order valence-electron chi connectivity index (χ2n) is 2.57. The van der Waals surface area contributed by atoms with Crippen molar-refractivity contribution in [1.82, 2.24) is 0 Å². The second-order valence-corrected chi connectivity index (χ2v) is 2.57. The molecule has 0 spiro atoms. The number of methoxy groups -OCH3 is 2. The van der Waals surface area contributed by atoms with Crippen molar-refractivity contribution in [2.45, 2.75) is 0 Å². The Morgan fingerprint density at radius 3 is 2.57 bits per heavy atom. The highest BCUT2D eigenvalue weighted by molar-refractivity contribution is 5.97. The number of anilines is 1. The SMILES string of the molecule is COC(=O)c1ccc(OC)c(O)c1N. The van der Waals surface area contributed by atoms with Crippen molar-refractivity contribution in [2.24, 2.45) is 0 Å². The van der Waals surface area contributed by atoms with Crippen LogP contribution in [-0.2, 0) is 4.74 Å². The molecule has 0 heterocycles. The number of hydrogen-bond donors (Lipinski definition) is 2. The molecule has 0 radical (unpaired) electrons. The number of phenolic OH excluding ortho intramolecular Hbond substituents is 1. The smallest absolute Gasteiger partial charge is 0.340 e. The number of hydrogen-bond acceptors (Lipinski definition) is 5. The molecule has 0 unspecified atom stereocenters. The summed E-state index contributed by atoms with van der Waals surface area (Å²) in [5, 5.41) is 9.47. The first-order valence-corrected chi connectivity index (χ1v) is 3.85. The summed E-state index contributed by atoms with van der Waals surface area (Å²) in [5.74, 6) is -0.633. The van der Waals surface area contributed by atoms with Gasteiger partial charge in [0.15, 0.2) is 11.5 Å². The van der Waals surface area contributed by atoms with Gasteiger partial charge in [-0.2, -0.15) is 0 Å². The van der Waals surface area contributed by atoms with Crippen LogP contribution in [0.15, 0.2) is 12.1 Å². The van der Waals surface area contributed by atoms with Gasteiger partial charge in [-0.05, 0) is 12.1 Å². The fourth-order valence-electron chi connectivity index (χ4n) is 1.04. The molecule has 0 fully saturated rings. The second kappa shape index (κ2) is 3.87. The number of nitrogen functional groups attached to an aromatic ring is 1. The van der Waals surface area contributed by atoms with E-state index in [-0.39, 0.29) is 22.7 Å². The van der Waals surface area contributed by atoms with E-state index in [2.05, 4.69) is 4.74 Å². The summed E-state index contributed by atoms with van der Waals surface area (Å²) < 4.78 is 9.29. The van der Waals surface area contributed by atoms with Crippen molar-refractivity contribution in [3.8, 4) is 11.5 Å². The maximum absolute atomic E-state index is 11.1. The van der Waals surface area contributed by atoms with Gasteiger partial charge in [-0.25, -0.2) is 4.79 Å². The van der Waals surface area contributed by atoms with Crippen LogP contribution in [0.1, 0.15) is 10.4 Å². The number of phenols is 1. The zero-order valence-corrected chi connectivity index (χ0v) is 7.90. The molecule has 0 aromatic heterocycles. The normalized spacial score (nSPS) is 9.57. The first kappa shape index (κ1) is 10.2. The lowest BCUT2D eigenvalue weighted by atomic mass is 10.1. The van der Waals surface area contributed by atoms with E-state index in [1.807, 2.05) is 0 Å². The predicted molar refractivity (Wildman–Crippen MR) is 50.4 cm³/mol. The number of benzene rings is 1. The topological polar surface area (TPSA) is 81.8 Å². The summed E-state index contributed by atoms with van der Waals surface area (Å²) in [6.07, 6.45) is 0. The number of nitrogens with two attached hydrogens (primary N) is 1. The fraction of sp³-hybridized carbons (Fsp3) is 0.222. The van der Waals surface area contributed by atoms with Crippen molar-refractivity contribution in [1.29, 1.82) is 0 Å². The highest BCUT2D eigenvalue weighted by atomic mass is 16.5. The fourth-order valence-corrected chi connectivity index (χ4v) is 1.04. The lowest BCUT2D eigenvalue weighted by molar-refractivity contribution is 0.0601. The van der Waals surface area contributed by atoms with Crippen molar-refractivity contribution >= 4 is 11.7 Å². The number of ether oxygens (including phenoxy) is 2. The van der Waals surface area contributed by atoms with Crippen molar-refractivity contribution < 1.29 is 19.4 Å². The van der Waals surface area contributed by atoms with E-state index >= 15 is 0 Å². The molecule has 3 N–H and O–H groups in total. The van der Waals surface area contributed by atoms with Crippen LogP contribution >= 0.6 is 0 Å². The van der Waals surface area contributed by atoms with Gasteiger partial charge in [0.05, 0.1) is 25.5 Å². The van der Waals surface area contributed by atoms with Crippen LogP contribution in [0.3, 0.4) is 0 Å². The Balaban J connectivity index is 3.24. The Labute approximate surface area is 81.0 Å². The van der Waals surface area contributed by atoms with Crippen LogP contribution in [0.2, 0.25) is 0 Å². The Morgan fingerprint density at radius 1 is 1.43 bits per heavy atom. The van der Waals surface area contributed by atoms with Gasteiger partial charge in [-0.1, -0.05) is 0 Å². The maximum atomic E-state index is 11.1. The van der Waals surface area contributed by atoms with Gasteiger partial charge >= 0.3 is 5.97 Å². The van der Waals surface area contributed by atoms with E-state index in [1.54, 1.807) is 0 Å². The summed E-state index contributed by atoms with van der Waals surface area (Å²) in [5.41, 5.74) is 5.58. The molecule has 0 aliphatic carbocycles. The minimum Gasteiger partial charge on any atom is -0.503 e. The van der Waals surface area contributed by atoms with E-state index in [9.17, 15) is 9.90 Å². The summed E-state index contributed by atoms with van der Waals surface area (Å²) in [6.45, 7) is 0. The largest absolute Gasteiger partial charge is 0.503 e. The number of rotatable bonds is 2. The number of esters is 1. The average molecular weight is 197 g/mol. The molecule has 76 valence electrons. The molecule has 0 saturated carbocycles. The monoisotopic (exact) mass is 197 g/mol. The summed E-state index contributed by atoms with van der Waals surface area (Å²) in [4.78, 5) is 11.1. The summed E-state index contributed by atoms with van der Waals surface area (Å²) in [7, 11) is 2.63. The number of carbonyl (C=O) groups is 1. The molecule has 0 saturated heterocycles. The lowest BCUT2D eigenvalue weighted by Gasteiger charge is -2.08. The minimum absolute atomic E-state index is 0.0452. The summed E-state index contributed by atoms with van der Waals surface area (Å²) in [6, 6.07) is 2.87.